The third-order valence-electron chi connectivity index (χ3n) is 3.39. The van der Waals surface area contributed by atoms with Crippen molar-refractivity contribution in [1.82, 2.24) is 10.6 Å². The van der Waals surface area contributed by atoms with Crippen molar-refractivity contribution in [1.29, 1.82) is 0 Å². The number of unbranched alkanes of at least 4 members (excludes halogenated alkanes) is 7. The predicted octanol–water partition coefficient (Wildman–Crippen LogP) is 2.70. The second-order valence-electron chi connectivity index (χ2n) is 5.50. The van der Waals surface area contributed by atoms with Crippen molar-refractivity contribution in [3.05, 3.63) is 0 Å². The fourth-order valence-electron chi connectivity index (χ4n) is 2.11. The number of aliphatic carboxylic acids is 1. The van der Waals surface area contributed by atoms with Gasteiger partial charge in [0, 0.05) is 13.0 Å². The van der Waals surface area contributed by atoms with Gasteiger partial charge in [0.1, 0.15) is 0 Å². The molecule has 21 heavy (non-hydrogen) atoms. The molecule has 124 valence electrons. The van der Waals surface area contributed by atoms with E-state index < -0.39 is 5.97 Å². The van der Waals surface area contributed by atoms with Gasteiger partial charge in [0.25, 0.3) is 0 Å². The zero-order valence-corrected chi connectivity index (χ0v) is 13.5. The Labute approximate surface area is 128 Å². The summed E-state index contributed by atoms with van der Waals surface area (Å²) in [5.74, 6) is -0.610. The molecule has 0 aliphatic carbocycles. The molecule has 0 fully saturated rings. The number of nitrogens with one attached hydrogen (secondary N) is 2. The lowest BCUT2D eigenvalue weighted by atomic mass is 10.1. The first-order valence-electron chi connectivity index (χ1n) is 8.36. The highest BCUT2D eigenvalue weighted by Crippen LogP contribution is 2.08. The van der Waals surface area contributed by atoms with Gasteiger partial charge in [0.2, 0.25) is 5.91 Å². The largest absolute Gasteiger partial charge is 0.480 e. The molecule has 0 saturated heterocycles. The third kappa shape index (κ3) is 16.8. The average Bonchev–Trinajstić information content (AvgIpc) is 2.44. The number of carboxylic acid groups (broad SMARTS) is 1. The third-order valence-corrected chi connectivity index (χ3v) is 3.39. The van der Waals surface area contributed by atoms with Gasteiger partial charge in [-0.25, -0.2) is 0 Å². The van der Waals surface area contributed by atoms with Gasteiger partial charge >= 0.3 is 5.97 Å². The summed E-state index contributed by atoms with van der Waals surface area (Å²) in [5.41, 5.74) is 0. The van der Waals surface area contributed by atoms with Crippen LogP contribution in [0, 0.1) is 0 Å². The SMILES string of the molecule is CCCCNC(=O)CCCCCCCCCNCC(=O)O. The number of carbonyl (C=O) groups excluding carboxylic acids is 1. The minimum absolute atomic E-state index is 0.0559. The Balaban J connectivity index is 3.11. The zero-order valence-electron chi connectivity index (χ0n) is 13.5. The highest BCUT2D eigenvalue weighted by Gasteiger charge is 2.00. The molecule has 0 atom stereocenters. The van der Waals surface area contributed by atoms with Crippen molar-refractivity contribution in [3.8, 4) is 0 Å². The van der Waals surface area contributed by atoms with Crippen molar-refractivity contribution in [2.75, 3.05) is 19.6 Å². The van der Waals surface area contributed by atoms with E-state index >= 15 is 0 Å². The minimum atomic E-state index is -0.797. The molecule has 0 radical (unpaired) electrons. The van der Waals surface area contributed by atoms with E-state index in [-0.39, 0.29) is 12.5 Å². The zero-order chi connectivity index (χ0) is 15.8. The number of hydrogen-bond donors (Lipinski definition) is 3. The number of hydrogen-bond acceptors (Lipinski definition) is 3. The lowest BCUT2D eigenvalue weighted by molar-refractivity contribution is -0.136. The fraction of sp³-hybridized carbons (Fsp3) is 0.875. The Morgan fingerprint density at radius 3 is 2.10 bits per heavy atom. The molecule has 0 bridgehead atoms. The number of carbonyl (C=O) groups is 2. The highest BCUT2D eigenvalue weighted by atomic mass is 16.4. The van der Waals surface area contributed by atoms with E-state index in [2.05, 4.69) is 17.6 Å². The fourth-order valence-corrected chi connectivity index (χ4v) is 2.11. The molecule has 0 rings (SSSR count). The van der Waals surface area contributed by atoms with E-state index in [4.69, 9.17) is 5.11 Å². The van der Waals surface area contributed by atoms with E-state index in [1.165, 1.54) is 19.3 Å². The van der Waals surface area contributed by atoms with Crippen LogP contribution < -0.4 is 10.6 Å². The van der Waals surface area contributed by atoms with Gasteiger partial charge in [-0.3, -0.25) is 9.59 Å². The van der Waals surface area contributed by atoms with Crippen LogP contribution in [0.5, 0.6) is 0 Å². The summed E-state index contributed by atoms with van der Waals surface area (Å²) in [7, 11) is 0. The quantitative estimate of drug-likeness (QED) is 0.406. The van der Waals surface area contributed by atoms with Crippen molar-refractivity contribution >= 4 is 11.9 Å². The molecule has 1 amide bonds. The van der Waals surface area contributed by atoms with Crippen LogP contribution in [0.25, 0.3) is 0 Å². The molecule has 0 unspecified atom stereocenters. The Morgan fingerprint density at radius 1 is 0.857 bits per heavy atom. The van der Waals surface area contributed by atoms with E-state index in [1.807, 2.05) is 0 Å². The summed E-state index contributed by atoms with van der Waals surface area (Å²) in [6.07, 6.45) is 10.7. The molecule has 0 saturated carbocycles. The van der Waals surface area contributed by atoms with E-state index in [1.54, 1.807) is 0 Å². The summed E-state index contributed by atoms with van der Waals surface area (Å²) < 4.78 is 0. The highest BCUT2D eigenvalue weighted by molar-refractivity contribution is 5.75. The molecule has 5 heteroatoms. The number of carboxylic acids is 1. The van der Waals surface area contributed by atoms with E-state index in [0.717, 1.165) is 51.6 Å². The lowest BCUT2D eigenvalue weighted by Gasteiger charge is -2.04. The molecular weight excluding hydrogens is 268 g/mol. The monoisotopic (exact) mass is 300 g/mol. The van der Waals surface area contributed by atoms with Gasteiger partial charge < -0.3 is 15.7 Å². The van der Waals surface area contributed by atoms with Crippen molar-refractivity contribution in [3.63, 3.8) is 0 Å². The van der Waals surface area contributed by atoms with Crippen molar-refractivity contribution in [2.45, 2.75) is 71.1 Å². The first-order valence-corrected chi connectivity index (χ1v) is 8.36. The van der Waals surface area contributed by atoms with Crippen LogP contribution in [0.4, 0.5) is 0 Å². The first kappa shape index (κ1) is 19.9. The molecular formula is C16H32N2O3. The Hall–Kier alpha value is -1.10. The normalized spacial score (nSPS) is 10.5. The van der Waals surface area contributed by atoms with Gasteiger partial charge in [-0.2, -0.15) is 0 Å². The average molecular weight is 300 g/mol. The molecule has 0 spiro atoms. The molecule has 0 aromatic carbocycles. The minimum Gasteiger partial charge on any atom is -0.480 e. The number of amides is 1. The van der Waals surface area contributed by atoms with Crippen LogP contribution in [0.2, 0.25) is 0 Å². The maximum absolute atomic E-state index is 11.4. The molecule has 0 aliphatic heterocycles. The first-order chi connectivity index (χ1) is 10.2. The summed E-state index contributed by atoms with van der Waals surface area (Å²) in [6, 6.07) is 0. The number of rotatable bonds is 15. The molecule has 5 nitrogen and oxygen atoms in total. The standard InChI is InChI=1S/C16H32N2O3/c1-2-3-13-18-15(19)11-9-7-5-4-6-8-10-12-17-14-16(20)21/h17H,2-14H2,1H3,(H,18,19)(H,20,21). The Bertz CT molecular complexity index is 270. The maximum Gasteiger partial charge on any atom is 0.317 e. The van der Waals surface area contributed by atoms with E-state index in [0.29, 0.717) is 6.42 Å². The Kier molecular flexibility index (Phi) is 14.5. The Morgan fingerprint density at radius 2 is 1.48 bits per heavy atom. The smallest absolute Gasteiger partial charge is 0.317 e. The summed E-state index contributed by atoms with van der Waals surface area (Å²) in [4.78, 5) is 21.7. The second kappa shape index (κ2) is 15.3. The molecule has 0 aromatic heterocycles. The van der Waals surface area contributed by atoms with Crippen molar-refractivity contribution < 1.29 is 14.7 Å². The van der Waals surface area contributed by atoms with Gasteiger partial charge in [0.15, 0.2) is 0 Å². The van der Waals surface area contributed by atoms with Crippen LogP contribution in [-0.4, -0.2) is 36.6 Å². The van der Waals surface area contributed by atoms with Crippen LogP contribution in [-0.2, 0) is 9.59 Å². The van der Waals surface area contributed by atoms with Gasteiger partial charge in [-0.15, -0.1) is 0 Å². The van der Waals surface area contributed by atoms with Gasteiger partial charge in [-0.1, -0.05) is 45.4 Å². The van der Waals surface area contributed by atoms with Crippen LogP contribution in [0.3, 0.4) is 0 Å². The predicted molar refractivity (Wildman–Crippen MR) is 85.4 cm³/mol. The van der Waals surface area contributed by atoms with Crippen LogP contribution in [0.1, 0.15) is 71.1 Å². The second-order valence-corrected chi connectivity index (χ2v) is 5.50. The molecule has 0 heterocycles. The van der Waals surface area contributed by atoms with Crippen LogP contribution >= 0.6 is 0 Å². The van der Waals surface area contributed by atoms with Gasteiger partial charge in [-0.05, 0) is 25.8 Å². The molecule has 0 aliphatic rings. The molecule has 0 aromatic rings. The molecule has 3 N–H and O–H groups in total. The van der Waals surface area contributed by atoms with Crippen LogP contribution in [0.15, 0.2) is 0 Å². The topological polar surface area (TPSA) is 78.4 Å². The van der Waals surface area contributed by atoms with Crippen molar-refractivity contribution in [2.24, 2.45) is 0 Å². The summed E-state index contributed by atoms with van der Waals surface area (Å²) in [5, 5.41) is 14.3. The van der Waals surface area contributed by atoms with E-state index in [9.17, 15) is 9.59 Å². The summed E-state index contributed by atoms with van der Waals surface area (Å²) in [6.45, 7) is 3.77. The lowest BCUT2D eigenvalue weighted by Crippen LogP contribution is -2.23. The maximum atomic E-state index is 11.4. The van der Waals surface area contributed by atoms with Gasteiger partial charge in [0.05, 0.1) is 6.54 Å². The summed E-state index contributed by atoms with van der Waals surface area (Å²) >= 11 is 0.